The number of methoxy groups -OCH3 is 1. The van der Waals surface area contributed by atoms with Crippen LogP contribution in [0.2, 0.25) is 5.02 Å². The average molecular weight is 272 g/mol. The highest BCUT2D eigenvalue weighted by molar-refractivity contribution is 6.33. The molecule has 0 aromatic carbocycles. The Bertz CT molecular complexity index is 387. The monoisotopic (exact) mass is 271 g/mol. The van der Waals surface area contributed by atoms with E-state index in [4.69, 9.17) is 16.3 Å². The summed E-state index contributed by atoms with van der Waals surface area (Å²) < 4.78 is 4.97. The number of amides is 1. The Balaban J connectivity index is 2.32. The highest BCUT2D eigenvalue weighted by atomic mass is 35.5. The number of halogens is 1. The second-order valence-corrected chi connectivity index (χ2v) is 4.31. The number of nitrogens with zero attached hydrogens (tertiary/aromatic N) is 2. The third kappa shape index (κ3) is 5.00. The molecule has 0 aliphatic carbocycles. The van der Waals surface area contributed by atoms with Gasteiger partial charge in [0, 0.05) is 39.1 Å². The van der Waals surface area contributed by atoms with Gasteiger partial charge in [-0.25, -0.2) is 0 Å². The van der Waals surface area contributed by atoms with E-state index in [1.807, 2.05) is 7.05 Å². The predicted octanol–water partition coefficient (Wildman–Crippen LogP) is 1.04. The quantitative estimate of drug-likeness (QED) is 0.805. The van der Waals surface area contributed by atoms with E-state index < -0.39 is 0 Å². The minimum Gasteiger partial charge on any atom is -0.383 e. The third-order valence-corrected chi connectivity index (χ3v) is 2.80. The maximum Gasteiger partial charge on any atom is 0.254 e. The van der Waals surface area contributed by atoms with Gasteiger partial charge < -0.3 is 15.0 Å². The summed E-state index contributed by atoms with van der Waals surface area (Å²) in [7, 11) is 3.64. The van der Waals surface area contributed by atoms with Crippen LogP contribution in [0.5, 0.6) is 0 Å². The Labute approximate surface area is 112 Å². The molecule has 18 heavy (non-hydrogen) atoms. The third-order valence-electron chi connectivity index (χ3n) is 2.47. The van der Waals surface area contributed by atoms with Crippen molar-refractivity contribution in [2.24, 2.45) is 0 Å². The molecule has 0 bridgehead atoms. The first kappa shape index (κ1) is 14.9. The van der Waals surface area contributed by atoms with E-state index in [1.165, 1.54) is 6.20 Å². The molecule has 0 unspecified atom stereocenters. The van der Waals surface area contributed by atoms with Crippen molar-refractivity contribution in [2.75, 3.05) is 40.4 Å². The van der Waals surface area contributed by atoms with Gasteiger partial charge in [0.15, 0.2) is 0 Å². The number of likely N-dealkylation sites (N-methyl/N-ethyl adjacent to an activating group) is 1. The average Bonchev–Trinajstić information content (AvgIpc) is 2.36. The zero-order chi connectivity index (χ0) is 13.4. The smallest absolute Gasteiger partial charge is 0.254 e. The number of carbonyl (C=O) groups is 1. The lowest BCUT2D eigenvalue weighted by atomic mass is 10.2. The van der Waals surface area contributed by atoms with Crippen LogP contribution in [-0.2, 0) is 4.74 Å². The van der Waals surface area contributed by atoms with Gasteiger partial charge in [0.05, 0.1) is 17.2 Å². The summed E-state index contributed by atoms with van der Waals surface area (Å²) >= 11 is 5.90. The summed E-state index contributed by atoms with van der Waals surface area (Å²) in [6, 6.07) is 1.60. The van der Waals surface area contributed by atoms with Gasteiger partial charge in [-0.1, -0.05) is 11.6 Å². The lowest BCUT2D eigenvalue weighted by Crippen LogP contribution is -2.34. The van der Waals surface area contributed by atoms with Gasteiger partial charge in [-0.15, -0.1) is 0 Å². The number of rotatable bonds is 7. The number of aromatic nitrogens is 1. The van der Waals surface area contributed by atoms with Crippen molar-refractivity contribution in [1.82, 2.24) is 15.2 Å². The first-order chi connectivity index (χ1) is 8.65. The molecule has 1 aromatic rings. The molecule has 1 heterocycles. The molecule has 0 radical (unpaired) electrons. The lowest BCUT2D eigenvalue weighted by Gasteiger charge is -2.16. The summed E-state index contributed by atoms with van der Waals surface area (Å²) in [5.74, 6) is -0.201. The zero-order valence-electron chi connectivity index (χ0n) is 10.6. The first-order valence-electron chi connectivity index (χ1n) is 5.70. The van der Waals surface area contributed by atoms with Crippen molar-refractivity contribution in [2.45, 2.75) is 0 Å². The summed E-state index contributed by atoms with van der Waals surface area (Å²) in [4.78, 5) is 17.7. The molecule has 0 saturated carbocycles. The highest BCUT2D eigenvalue weighted by Gasteiger charge is 2.09. The number of carbonyl (C=O) groups excluding carboxylic acids is 1. The molecule has 0 saturated heterocycles. The maximum atomic E-state index is 11.8. The Morgan fingerprint density at radius 1 is 1.56 bits per heavy atom. The normalized spacial score (nSPS) is 10.7. The fourth-order valence-electron chi connectivity index (χ4n) is 1.36. The van der Waals surface area contributed by atoms with Crippen LogP contribution in [0.1, 0.15) is 10.4 Å². The van der Waals surface area contributed by atoms with Crippen molar-refractivity contribution in [1.29, 1.82) is 0 Å². The zero-order valence-corrected chi connectivity index (χ0v) is 11.4. The van der Waals surface area contributed by atoms with E-state index in [0.717, 1.165) is 13.1 Å². The second kappa shape index (κ2) is 8.02. The lowest BCUT2D eigenvalue weighted by molar-refractivity contribution is 0.0947. The van der Waals surface area contributed by atoms with Crippen LogP contribution in [-0.4, -0.2) is 56.2 Å². The van der Waals surface area contributed by atoms with Crippen LogP contribution >= 0.6 is 11.6 Å². The molecule has 1 amide bonds. The molecular formula is C12H18ClN3O2. The minimum absolute atomic E-state index is 0.201. The number of ether oxygens (including phenoxy) is 1. The Kier molecular flexibility index (Phi) is 6.64. The van der Waals surface area contributed by atoms with E-state index in [2.05, 4.69) is 15.2 Å². The molecule has 0 aliphatic rings. The van der Waals surface area contributed by atoms with E-state index in [1.54, 1.807) is 19.4 Å². The standard InChI is InChI=1S/C12H18ClN3O2/c1-16(7-8-18-2)6-5-15-12(17)10-9-14-4-3-11(10)13/h3-4,9H,5-8H2,1-2H3,(H,15,17). The molecule has 1 N–H and O–H groups in total. The van der Waals surface area contributed by atoms with Gasteiger partial charge >= 0.3 is 0 Å². The Hall–Kier alpha value is -1.17. The first-order valence-corrected chi connectivity index (χ1v) is 6.08. The van der Waals surface area contributed by atoms with Crippen molar-refractivity contribution in [3.05, 3.63) is 29.0 Å². The van der Waals surface area contributed by atoms with Gasteiger partial charge in [-0.2, -0.15) is 0 Å². The number of nitrogens with one attached hydrogen (secondary N) is 1. The van der Waals surface area contributed by atoms with Gasteiger partial charge in [-0.05, 0) is 13.1 Å². The maximum absolute atomic E-state index is 11.8. The Morgan fingerprint density at radius 2 is 2.33 bits per heavy atom. The second-order valence-electron chi connectivity index (χ2n) is 3.91. The van der Waals surface area contributed by atoms with Crippen LogP contribution in [0, 0.1) is 0 Å². The molecular weight excluding hydrogens is 254 g/mol. The van der Waals surface area contributed by atoms with Gasteiger partial charge in [0.2, 0.25) is 0 Å². The molecule has 0 atom stereocenters. The summed E-state index contributed by atoms with van der Waals surface area (Å²) in [6.07, 6.45) is 3.02. The van der Waals surface area contributed by atoms with E-state index in [-0.39, 0.29) is 5.91 Å². The number of hydrogen-bond acceptors (Lipinski definition) is 4. The molecule has 5 nitrogen and oxygen atoms in total. The summed E-state index contributed by atoms with van der Waals surface area (Å²) in [5, 5.41) is 3.21. The van der Waals surface area contributed by atoms with Crippen LogP contribution in [0.4, 0.5) is 0 Å². The molecule has 6 heteroatoms. The minimum atomic E-state index is -0.201. The van der Waals surface area contributed by atoms with Gasteiger partial charge in [-0.3, -0.25) is 9.78 Å². The van der Waals surface area contributed by atoms with Crippen LogP contribution in [0.3, 0.4) is 0 Å². The predicted molar refractivity (Wildman–Crippen MR) is 71.0 cm³/mol. The van der Waals surface area contributed by atoms with Crippen LogP contribution < -0.4 is 5.32 Å². The molecule has 0 spiro atoms. The van der Waals surface area contributed by atoms with Crippen molar-refractivity contribution < 1.29 is 9.53 Å². The molecule has 1 aromatic heterocycles. The van der Waals surface area contributed by atoms with Crippen molar-refractivity contribution in [3.8, 4) is 0 Å². The summed E-state index contributed by atoms with van der Waals surface area (Å²) in [5.41, 5.74) is 0.402. The SMILES string of the molecule is COCCN(C)CCNC(=O)c1cnccc1Cl. The van der Waals surface area contributed by atoms with Crippen LogP contribution in [0.15, 0.2) is 18.5 Å². The topological polar surface area (TPSA) is 54.5 Å². The van der Waals surface area contributed by atoms with Gasteiger partial charge in [0.1, 0.15) is 0 Å². The molecule has 1 rings (SSSR count). The molecule has 0 aliphatic heterocycles. The summed E-state index contributed by atoms with van der Waals surface area (Å²) in [6.45, 7) is 2.83. The fraction of sp³-hybridized carbons (Fsp3) is 0.500. The largest absolute Gasteiger partial charge is 0.383 e. The highest BCUT2D eigenvalue weighted by Crippen LogP contribution is 2.12. The van der Waals surface area contributed by atoms with E-state index >= 15 is 0 Å². The van der Waals surface area contributed by atoms with Crippen molar-refractivity contribution in [3.63, 3.8) is 0 Å². The van der Waals surface area contributed by atoms with Crippen molar-refractivity contribution >= 4 is 17.5 Å². The molecule has 100 valence electrons. The Morgan fingerprint density at radius 3 is 3.00 bits per heavy atom. The van der Waals surface area contributed by atoms with Gasteiger partial charge in [0.25, 0.3) is 5.91 Å². The fourth-order valence-corrected chi connectivity index (χ4v) is 1.55. The van der Waals surface area contributed by atoms with Crippen LogP contribution in [0.25, 0.3) is 0 Å². The molecule has 0 fully saturated rings. The van der Waals surface area contributed by atoms with E-state index in [0.29, 0.717) is 23.7 Å². The van der Waals surface area contributed by atoms with E-state index in [9.17, 15) is 4.79 Å². The number of hydrogen-bond donors (Lipinski definition) is 1. The number of pyridine rings is 1.